The third-order valence-corrected chi connectivity index (χ3v) is 6.82. The minimum atomic E-state index is -4.64. The molecule has 0 spiro atoms. The minimum absolute atomic E-state index is 0.0720. The molecule has 5 rings (SSSR count). The fourth-order valence-corrected chi connectivity index (χ4v) is 4.57. The van der Waals surface area contributed by atoms with E-state index < -0.39 is 58.1 Å². The van der Waals surface area contributed by atoms with Gasteiger partial charge in [-0.15, -0.1) is 0 Å². The molecule has 0 radical (unpaired) electrons. The Hall–Kier alpha value is -5.17. The lowest BCUT2D eigenvalue weighted by molar-refractivity contribution is -0.189. The number of halogens is 9. The van der Waals surface area contributed by atoms with Crippen molar-refractivity contribution in [2.45, 2.75) is 20.0 Å². The number of ether oxygens (including phenoxy) is 1. The van der Waals surface area contributed by atoms with Crippen molar-refractivity contribution in [3.05, 3.63) is 147 Å². The van der Waals surface area contributed by atoms with E-state index in [1.165, 1.54) is 19.1 Å². The Morgan fingerprint density at radius 1 is 0.556 bits per heavy atom. The maximum absolute atomic E-state index is 15.1. The lowest BCUT2D eigenvalue weighted by atomic mass is 9.98. The van der Waals surface area contributed by atoms with Crippen molar-refractivity contribution in [3.63, 3.8) is 0 Å². The maximum atomic E-state index is 15.1. The smallest absolute Gasteiger partial charge is 0.429 e. The second-order valence-electron chi connectivity index (χ2n) is 10.1. The highest BCUT2D eigenvalue weighted by atomic mass is 19.3. The molecule has 228 valence electrons. The van der Waals surface area contributed by atoms with Crippen LogP contribution in [-0.4, -0.2) is 0 Å². The van der Waals surface area contributed by atoms with Crippen LogP contribution in [0.2, 0.25) is 0 Å². The van der Waals surface area contributed by atoms with E-state index in [-0.39, 0.29) is 27.8 Å². The van der Waals surface area contributed by atoms with Gasteiger partial charge in [0.25, 0.3) is 0 Å². The molecule has 0 atom stereocenters. The van der Waals surface area contributed by atoms with Gasteiger partial charge in [0, 0.05) is 17.2 Å². The summed E-state index contributed by atoms with van der Waals surface area (Å²) in [6.07, 6.45) is -4.64. The number of aryl methyl sites for hydroxylation is 2. The van der Waals surface area contributed by atoms with Gasteiger partial charge in [0.1, 0.15) is 34.6 Å². The van der Waals surface area contributed by atoms with Crippen molar-refractivity contribution in [3.8, 4) is 39.8 Å². The first kappa shape index (κ1) is 31.3. The molecule has 0 fully saturated rings. The van der Waals surface area contributed by atoms with Gasteiger partial charge in [0.15, 0.2) is 17.5 Å². The minimum Gasteiger partial charge on any atom is -0.429 e. The van der Waals surface area contributed by atoms with Crippen molar-refractivity contribution < 1.29 is 44.3 Å². The summed E-state index contributed by atoms with van der Waals surface area (Å²) >= 11 is 0. The van der Waals surface area contributed by atoms with Gasteiger partial charge in [-0.25, -0.2) is 30.7 Å². The highest BCUT2D eigenvalue weighted by molar-refractivity contribution is 5.71. The molecule has 0 aliphatic rings. The zero-order valence-electron chi connectivity index (χ0n) is 23.3. The van der Waals surface area contributed by atoms with Gasteiger partial charge in [-0.3, -0.25) is 0 Å². The number of rotatable bonds is 5. The summed E-state index contributed by atoms with van der Waals surface area (Å²) in [5.41, 5.74) is -0.954. The summed E-state index contributed by atoms with van der Waals surface area (Å²) < 4.78 is 134. The van der Waals surface area contributed by atoms with Crippen molar-refractivity contribution in [2.75, 3.05) is 0 Å². The molecule has 0 unspecified atom stereocenters. The Balaban J connectivity index is 1.40. The first-order valence-corrected chi connectivity index (χ1v) is 13.1. The Bertz CT molecular complexity index is 1940. The van der Waals surface area contributed by atoms with E-state index in [9.17, 15) is 30.7 Å². The van der Waals surface area contributed by atoms with Gasteiger partial charge in [-0.1, -0.05) is 53.8 Å². The molecular weight excluding hydrogens is 607 g/mol. The lowest BCUT2D eigenvalue weighted by Gasteiger charge is -2.20. The Kier molecular flexibility index (Phi) is 8.39. The molecule has 0 aliphatic heterocycles. The Morgan fingerprint density at radius 3 is 1.71 bits per heavy atom. The highest BCUT2D eigenvalue weighted by Crippen LogP contribution is 2.38. The van der Waals surface area contributed by atoms with Crippen LogP contribution in [-0.2, 0) is 6.11 Å². The Labute approximate surface area is 251 Å². The molecule has 0 aliphatic carbocycles. The predicted molar refractivity (Wildman–Crippen MR) is 150 cm³/mol. The average molecular weight is 627 g/mol. The first-order valence-electron chi connectivity index (χ1n) is 13.1. The van der Waals surface area contributed by atoms with Crippen molar-refractivity contribution in [1.29, 1.82) is 0 Å². The van der Waals surface area contributed by atoms with E-state index in [4.69, 9.17) is 0 Å². The third kappa shape index (κ3) is 6.53. The SMILES string of the molecule is Cc1ccc(-c2ccc(-c3cc(F)c(C(F)(F)Oc4cc(C)c(C#Cc5cc(F)c(F)c(F)c5)c(F)c4)c(F)c3)c(F)c2)cc1. The van der Waals surface area contributed by atoms with Crippen LogP contribution < -0.4 is 4.74 Å². The zero-order chi connectivity index (χ0) is 32.6. The monoisotopic (exact) mass is 626 g/mol. The van der Waals surface area contributed by atoms with Crippen LogP contribution >= 0.6 is 0 Å². The van der Waals surface area contributed by atoms with Crippen LogP contribution in [0, 0.1) is 66.4 Å². The number of hydrogen-bond donors (Lipinski definition) is 0. The molecule has 45 heavy (non-hydrogen) atoms. The van der Waals surface area contributed by atoms with E-state index in [1.807, 2.05) is 19.1 Å². The molecule has 0 saturated heterocycles. The van der Waals surface area contributed by atoms with Gasteiger partial charge in [0.05, 0.1) is 5.56 Å². The Morgan fingerprint density at radius 2 is 1.13 bits per heavy atom. The fourth-order valence-electron chi connectivity index (χ4n) is 4.57. The summed E-state index contributed by atoms with van der Waals surface area (Å²) in [5.74, 6) is -6.57. The molecule has 5 aromatic carbocycles. The summed E-state index contributed by atoms with van der Waals surface area (Å²) in [4.78, 5) is 0. The molecular formula is C35H19F9O. The maximum Gasteiger partial charge on any atom is 0.432 e. The van der Waals surface area contributed by atoms with Gasteiger partial charge < -0.3 is 4.74 Å². The summed E-state index contributed by atoms with van der Waals surface area (Å²) in [5, 5.41) is 0. The molecule has 0 saturated carbocycles. The lowest BCUT2D eigenvalue weighted by Crippen LogP contribution is -2.25. The molecule has 5 aromatic rings. The van der Waals surface area contributed by atoms with Gasteiger partial charge in [0.2, 0.25) is 0 Å². The van der Waals surface area contributed by atoms with Gasteiger partial charge in [-0.2, -0.15) is 8.78 Å². The summed E-state index contributed by atoms with van der Waals surface area (Å²) in [7, 11) is 0. The predicted octanol–water partition coefficient (Wildman–Crippen LogP) is 10.1. The number of alkyl halides is 2. The first-order chi connectivity index (χ1) is 21.2. The topological polar surface area (TPSA) is 9.23 Å². The van der Waals surface area contributed by atoms with Crippen LogP contribution in [0.5, 0.6) is 5.75 Å². The molecule has 0 aromatic heterocycles. The van der Waals surface area contributed by atoms with Crippen LogP contribution in [0.1, 0.15) is 27.8 Å². The molecule has 0 N–H and O–H groups in total. The third-order valence-electron chi connectivity index (χ3n) is 6.82. The van der Waals surface area contributed by atoms with E-state index in [0.717, 1.165) is 17.7 Å². The highest BCUT2D eigenvalue weighted by Gasteiger charge is 2.41. The summed E-state index contributed by atoms with van der Waals surface area (Å²) in [6.45, 7) is 3.13. The summed E-state index contributed by atoms with van der Waals surface area (Å²) in [6, 6.07) is 14.8. The fraction of sp³-hybridized carbons (Fsp3) is 0.0857. The molecule has 0 bridgehead atoms. The average Bonchev–Trinajstić information content (AvgIpc) is 2.95. The van der Waals surface area contributed by atoms with Crippen molar-refractivity contribution in [1.82, 2.24) is 0 Å². The molecule has 10 heteroatoms. The van der Waals surface area contributed by atoms with Crippen molar-refractivity contribution in [2.24, 2.45) is 0 Å². The van der Waals surface area contributed by atoms with E-state index >= 15 is 8.78 Å². The largest absolute Gasteiger partial charge is 0.432 e. The van der Waals surface area contributed by atoms with E-state index in [1.54, 1.807) is 12.1 Å². The zero-order valence-corrected chi connectivity index (χ0v) is 23.3. The normalized spacial score (nSPS) is 11.3. The number of hydrogen-bond acceptors (Lipinski definition) is 1. The van der Waals surface area contributed by atoms with Crippen LogP contribution in [0.4, 0.5) is 39.5 Å². The van der Waals surface area contributed by atoms with Crippen molar-refractivity contribution >= 4 is 0 Å². The molecule has 0 heterocycles. The van der Waals surface area contributed by atoms with Crippen LogP contribution in [0.3, 0.4) is 0 Å². The standard InChI is InChI=1S/C35H19F9O/c1-18-3-6-21(7-4-18)22-8-10-26(27(36)14-22)23-15-29(38)33(30(39)16-23)35(43,44)45-24-11-19(2)25(28(37)17-24)9-5-20-12-31(40)34(42)32(41)13-20/h3-4,6-8,10-17H,1-2H3. The molecule has 0 amide bonds. The molecule has 1 nitrogen and oxygen atoms in total. The van der Waals surface area contributed by atoms with Crippen LogP contribution in [0.15, 0.2) is 78.9 Å². The van der Waals surface area contributed by atoms with Crippen LogP contribution in [0.25, 0.3) is 22.3 Å². The van der Waals surface area contributed by atoms with E-state index in [2.05, 4.69) is 16.6 Å². The quantitative estimate of drug-likeness (QED) is 0.107. The second kappa shape index (κ2) is 12.1. The second-order valence-corrected chi connectivity index (χ2v) is 10.1. The van der Waals surface area contributed by atoms with Gasteiger partial charge >= 0.3 is 6.11 Å². The van der Waals surface area contributed by atoms with E-state index in [0.29, 0.717) is 41.5 Å². The van der Waals surface area contributed by atoms with Gasteiger partial charge in [-0.05, 0) is 72.5 Å². The number of benzene rings is 5.